The fraction of sp³-hybridized carbons (Fsp3) is 0.0556. The molecule has 0 atom stereocenters. The number of nitrogens with one attached hydrogen (secondary N) is 1. The number of carbonyl (C=O) groups is 1. The molecule has 0 aliphatic heterocycles. The summed E-state index contributed by atoms with van der Waals surface area (Å²) in [6.07, 6.45) is 4.28. The maximum Gasteiger partial charge on any atom is 0.490 e. The number of nitrogens with two attached hydrogens (primary N) is 1. The van der Waals surface area contributed by atoms with E-state index in [1.165, 1.54) is 0 Å². The Morgan fingerprint density at radius 2 is 1.81 bits per heavy atom. The van der Waals surface area contributed by atoms with Gasteiger partial charge in [-0.2, -0.15) is 13.2 Å². The van der Waals surface area contributed by atoms with Crippen LogP contribution in [0, 0.1) is 5.41 Å². The van der Waals surface area contributed by atoms with E-state index in [9.17, 15) is 13.2 Å². The highest BCUT2D eigenvalue weighted by atomic mass is 19.4. The minimum Gasteiger partial charge on any atom is -0.475 e. The Labute approximate surface area is 151 Å². The smallest absolute Gasteiger partial charge is 0.475 e. The number of rotatable bonds is 3. The number of amidine groups is 1. The lowest BCUT2D eigenvalue weighted by molar-refractivity contribution is -0.192. The van der Waals surface area contributed by atoms with Crippen LogP contribution in [0.2, 0.25) is 0 Å². The van der Waals surface area contributed by atoms with Gasteiger partial charge >= 0.3 is 12.1 Å². The van der Waals surface area contributed by atoms with Crippen molar-refractivity contribution in [3.63, 3.8) is 0 Å². The molecule has 0 saturated heterocycles. The van der Waals surface area contributed by atoms with Crippen LogP contribution in [0.4, 0.5) is 13.2 Å². The average Bonchev–Trinajstić information content (AvgIpc) is 3.12. The molecule has 2 aromatic carbocycles. The lowest BCUT2D eigenvalue weighted by Gasteiger charge is -2.03. The molecular formula is C18H15F3N4O2. The maximum atomic E-state index is 10.6. The summed E-state index contributed by atoms with van der Waals surface area (Å²) >= 11 is 0. The van der Waals surface area contributed by atoms with Crippen LogP contribution in [0.25, 0.3) is 23.0 Å². The zero-order chi connectivity index (χ0) is 20.0. The number of halogens is 3. The number of hydrogen-bond acceptors (Lipinski definition) is 3. The average molecular weight is 376 g/mol. The number of fused-ring (bicyclic) bond motifs is 1. The number of nitrogens with zero attached hydrogens (tertiary/aromatic N) is 2. The number of imidazole rings is 1. The molecule has 0 aliphatic rings. The van der Waals surface area contributed by atoms with E-state index in [0.29, 0.717) is 0 Å². The molecule has 0 aliphatic carbocycles. The molecule has 4 N–H and O–H groups in total. The second-order valence-electron chi connectivity index (χ2n) is 5.36. The van der Waals surface area contributed by atoms with Crippen molar-refractivity contribution in [3.05, 3.63) is 66.2 Å². The molecule has 6 nitrogen and oxygen atoms in total. The van der Waals surface area contributed by atoms with E-state index in [1.54, 1.807) is 12.5 Å². The number of nitrogen functional groups attached to an aromatic ring is 1. The largest absolute Gasteiger partial charge is 0.490 e. The van der Waals surface area contributed by atoms with Gasteiger partial charge in [0.1, 0.15) is 5.84 Å². The van der Waals surface area contributed by atoms with Crippen molar-refractivity contribution in [3.8, 4) is 0 Å². The maximum absolute atomic E-state index is 10.6. The lowest BCUT2D eigenvalue weighted by atomic mass is 10.0. The van der Waals surface area contributed by atoms with Gasteiger partial charge in [0, 0.05) is 24.2 Å². The van der Waals surface area contributed by atoms with E-state index in [2.05, 4.69) is 11.1 Å². The first-order valence-corrected chi connectivity index (χ1v) is 7.51. The van der Waals surface area contributed by atoms with Gasteiger partial charge in [-0.05, 0) is 34.5 Å². The third-order valence-corrected chi connectivity index (χ3v) is 3.38. The first-order chi connectivity index (χ1) is 12.7. The number of aromatic nitrogens is 2. The standard InChI is InChI=1S/C16H14N4.C2HF3O2/c17-16(18)15-4-3-13-9-12(1-2-14(13)10-15)5-7-20-8-6-19-11-20;3-2(4,5)1(6)7/h1-11H,(H3,17,18);(H,6,7). The third kappa shape index (κ3) is 5.70. The van der Waals surface area contributed by atoms with Crippen molar-refractivity contribution in [2.75, 3.05) is 0 Å². The summed E-state index contributed by atoms with van der Waals surface area (Å²) in [6, 6.07) is 12.0. The zero-order valence-electron chi connectivity index (χ0n) is 13.8. The topological polar surface area (TPSA) is 105 Å². The van der Waals surface area contributed by atoms with E-state index < -0.39 is 12.1 Å². The summed E-state index contributed by atoms with van der Waals surface area (Å²) < 4.78 is 33.6. The van der Waals surface area contributed by atoms with Crippen molar-refractivity contribution in [2.45, 2.75) is 6.18 Å². The first-order valence-electron chi connectivity index (χ1n) is 7.51. The molecular weight excluding hydrogens is 361 g/mol. The molecule has 3 aromatic rings. The summed E-state index contributed by atoms with van der Waals surface area (Å²) in [6.45, 7) is 0. The van der Waals surface area contributed by atoms with Gasteiger partial charge in [0.2, 0.25) is 0 Å². The van der Waals surface area contributed by atoms with E-state index in [4.69, 9.17) is 21.0 Å². The van der Waals surface area contributed by atoms with Crippen molar-refractivity contribution in [1.29, 1.82) is 5.41 Å². The molecule has 27 heavy (non-hydrogen) atoms. The van der Waals surface area contributed by atoms with E-state index in [0.717, 1.165) is 21.9 Å². The number of hydrogen-bond donors (Lipinski definition) is 3. The molecule has 0 unspecified atom stereocenters. The molecule has 1 aromatic heterocycles. The van der Waals surface area contributed by atoms with E-state index >= 15 is 0 Å². The minimum absolute atomic E-state index is 0.0935. The number of aliphatic carboxylic acids is 1. The second-order valence-corrected chi connectivity index (χ2v) is 5.36. The van der Waals surface area contributed by atoms with Gasteiger partial charge < -0.3 is 15.4 Å². The second kappa shape index (κ2) is 8.17. The predicted octanol–water partition coefficient (Wildman–Crippen LogP) is 3.58. The minimum atomic E-state index is -5.08. The zero-order valence-corrected chi connectivity index (χ0v) is 13.8. The summed E-state index contributed by atoms with van der Waals surface area (Å²) in [5.74, 6) is -2.66. The van der Waals surface area contributed by atoms with Crippen molar-refractivity contribution in [2.24, 2.45) is 5.73 Å². The summed E-state index contributed by atoms with van der Waals surface area (Å²) in [4.78, 5) is 12.9. The Morgan fingerprint density at radius 1 is 1.19 bits per heavy atom. The summed E-state index contributed by atoms with van der Waals surface area (Å²) in [5.41, 5.74) is 7.36. The Kier molecular flexibility index (Phi) is 5.96. The fourth-order valence-corrected chi connectivity index (χ4v) is 2.07. The van der Waals surface area contributed by atoms with Gasteiger partial charge in [0.25, 0.3) is 0 Å². The van der Waals surface area contributed by atoms with Crippen LogP contribution in [0.1, 0.15) is 11.1 Å². The van der Waals surface area contributed by atoms with Crippen molar-refractivity contribution < 1.29 is 23.1 Å². The van der Waals surface area contributed by atoms with Crippen molar-refractivity contribution in [1.82, 2.24) is 9.55 Å². The molecule has 140 valence electrons. The Balaban J connectivity index is 0.000000321. The third-order valence-electron chi connectivity index (χ3n) is 3.38. The molecule has 3 rings (SSSR count). The van der Waals surface area contributed by atoms with Crippen LogP contribution in [0.5, 0.6) is 0 Å². The highest BCUT2D eigenvalue weighted by molar-refractivity contribution is 5.99. The van der Waals surface area contributed by atoms with Crippen LogP contribution < -0.4 is 5.73 Å². The van der Waals surface area contributed by atoms with Crippen LogP contribution in [0.3, 0.4) is 0 Å². The van der Waals surface area contributed by atoms with Gasteiger partial charge in [0.15, 0.2) is 0 Å². The Hall–Kier alpha value is -3.62. The predicted molar refractivity (Wildman–Crippen MR) is 96.1 cm³/mol. The molecule has 0 saturated carbocycles. The van der Waals surface area contributed by atoms with Crippen LogP contribution >= 0.6 is 0 Å². The van der Waals surface area contributed by atoms with Gasteiger partial charge in [-0.1, -0.05) is 24.3 Å². The fourth-order valence-electron chi connectivity index (χ4n) is 2.07. The number of benzene rings is 2. The van der Waals surface area contributed by atoms with Crippen LogP contribution in [-0.2, 0) is 4.79 Å². The molecule has 0 bridgehead atoms. The summed E-state index contributed by atoms with van der Waals surface area (Å²) in [7, 11) is 0. The highest BCUT2D eigenvalue weighted by Crippen LogP contribution is 2.19. The number of carboxylic acid groups (broad SMARTS) is 1. The van der Waals surface area contributed by atoms with Crippen LogP contribution in [0.15, 0.2) is 55.1 Å². The molecule has 1 heterocycles. The molecule has 0 fully saturated rings. The first kappa shape index (κ1) is 19.7. The molecule has 9 heteroatoms. The molecule has 0 radical (unpaired) electrons. The molecule has 0 spiro atoms. The number of carboxylic acids is 1. The lowest BCUT2D eigenvalue weighted by Crippen LogP contribution is -2.21. The Bertz CT molecular complexity index is 980. The van der Waals surface area contributed by atoms with E-state index in [1.807, 2.05) is 53.4 Å². The summed E-state index contributed by atoms with van der Waals surface area (Å²) in [5, 5.41) is 16.8. The SMILES string of the molecule is N=C(N)c1ccc2cc(C=Cn3ccnc3)ccc2c1.O=C(O)C(F)(F)F. The van der Waals surface area contributed by atoms with Crippen molar-refractivity contribution >= 4 is 34.9 Å². The molecule has 0 amide bonds. The Morgan fingerprint density at radius 3 is 2.37 bits per heavy atom. The van der Waals surface area contributed by atoms with Crippen LogP contribution in [-0.4, -0.2) is 32.6 Å². The van der Waals surface area contributed by atoms with Gasteiger partial charge in [-0.15, -0.1) is 0 Å². The van der Waals surface area contributed by atoms with Gasteiger partial charge in [0.05, 0.1) is 6.33 Å². The van der Waals surface area contributed by atoms with E-state index in [-0.39, 0.29) is 5.84 Å². The highest BCUT2D eigenvalue weighted by Gasteiger charge is 2.38. The number of alkyl halides is 3. The quantitative estimate of drug-likeness (QED) is 0.480. The van der Waals surface area contributed by atoms with Gasteiger partial charge in [-0.3, -0.25) is 5.41 Å². The van der Waals surface area contributed by atoms with Gasteiger partial charge in [-0.25, -0.2) is 9.78 Å². The normalized spacial score (nSPS) is 11.2. The monoisotopic (exact) mass is 376 g/mol.